The highest BCUT2D eigenvalue weighted by molar-refractivity contribution is 7.92. The quantitative estimate of drug-likeness (QED) is 0.219. The zero-order chi connectivity index (χ0) is 33.1. The number of hydrogen-bond donors (Lipinski definition) is 1. The first kappa shape index (κ1) is 30.9. The first-order valence-electron chi connectivity index (χ1n) is 13.6. The number of carbonyl (C=O) groups excluding carboxylic acids is 1. The molecular weight excluding hydrogens is 640 g/mol. The smallest absolute Gasteiger partial charge is 0.255 e. The van der Waals surface area contributed by atoms with Gasteiger partial charge >= 0.3 is 0 Å². The van der Waals surface area contributed by atoms with Crippen molar-refractivity contribution in [3.05, 3.63) is 90.0 Å². The molecule has 14 heteroatoms. The number of fused-ring (bicyclic) bond motifs is 2. The van der Waals surface area contributed by atoms with Crippen LogP contribution in [0.4, 0.5) is 14.5 Å². The number of anilines is 1. The highest BCUT2D eigenvalue weighted by atomic mass is 32.2. The average molecular weight is 666 g/mol. The summed E-state index contributed by atoms with van der Waals surface area (Å²) in [6, 6.07) is 16.7. The van der Waals surface area contributed by atoms with Crippen LogP contribution in [0.1, 0.15) is 10.4 Å². The summed E-state index contributed by atoms with van der Waals surface area (Å²) < 4.78 is 92.4. The largest absolute Gasteiger partial charge is 0.455 e. The third-order valence-electron chi connectivity index (χ3n) is 7.49. The summed E-state index contributed by atoms with van der Waals surface area (Å²) in [5, 5.41) is 2.88. The number of oxazole rings is 1. The lowest BCUT2D eigenvalue weighted by molar-refractivity contribution is 0.0964. The lowest BCUT2D eigenvalue weighted by atomic mass is 9.97. The molecule has 4 aromatic carbocycles. The summed E-state index contributed by atoms with van der Waals surface area (Å²) >= 11 is 0. The summed E-state index contributed by atoms with van der Waals surface area (Å²) in [6.07, 6.45) is 2.01. The van der Waals surface area contributed by atoms with Crippen LogP contribution in [0.2, 0.25) is 0 Å². The Morgan fingerprint density at radius 1 is 0.848 bits per heavy atom. The van der Waals surface area contributed by atoms with Gasteiger partial charge in [0.1, 0.15) is 22.7 Å². The highest BCUT2D eigenvalue weighted by Crippen LogP contribution is 2.43. The van der Waals surface area contributed by atoms with Crippen LogP contribution in [-0.2, 0) is 19.9 Å². The van der Waals surface area contributed by atoms with E-state index in [2.05, 4.69) is 10.3 Å². The molecule has 2 heterocycles. The van der Waals surface area contributed by atoms with Crippen LogP contribution < -0.4 is 9.62 Å². The molecule has 0 aliphatic rings. The van der Waals surface area contributed by atoms with Crippen LogP contribution in [0.25, 0.3) is 56.0 Å². The van der Waals surface area contributed by atoms with Gasteiger partial charge in [-0.25, -0.2) is 30.6 Å². The second kappa shape index (κ2) is 11.1. The second-order valence-corrected chi connectivity index (χ2v) is 14.6. The molecule has 0 aliphatic heterocycles. The van der Waals surface area contributed by atoms with Crippen molar-refractivity contribution < 1.29 is 39.2 Å². The van der Waals surface area contributed by atoms with Crippen molar-refractivity contribution in [1.82, 2.24) is 10.3 Å². The number of nitrogens with zero attached hydrogens (tertiary/aromatic N) is 2. The van der Waals surface area contributed by atoms with Crippen molar-refractivity contribution in [3.8, 4) is 33.9 Å². The van der Waals surface area contributed by atoms with Crippen molar-refractivity contribution in [1.29, 1.82) is 0 Å². The Bertz CT molecular complexity index is 2420. The number of furan rings is 1. The van der Waals surface area contributed by atoms with Gasteiger partial charge in [0.2, 0.25) is 15.9 Å². The molecule has 0 radical (unpaired) electrons. The lowest BCUT2D eigenvalue weighted by Gasteiger charge is -2.21. The Morgan fingerprint density at radius 2 is 1.54 bits per heavy atom. The molecule has 0 unspecified atom stereocenters. The second-order valence-electron chi connectivity index (χ2n) is 10.6. The van der Waals surface area contributed by atoms with Crippen LogP contribution in [-0.4, -0.2) is 54.3 Å². The minimum atomic E-state index is -3.86. The Morgan fingerprint density at radius 3 is 2.17 bits per heavy atom. The molecule has 1 amide bonds. The van der Waals surface area contributed by atoms with Crippen molar-refractivity contribution in [3.63, 3.8) is 0 Å². The normalized spacial score (nSPS) is 12.1. The van der Waals surface area contributed by atoms with Crippen molar-refractivity contribution in [2.24, 2.45) is 0 Å². The van der Waals surface area contributed by atoms with Gasteiger partial charge in [-0.05, 0) is 60.2 Å². The Kier molecular flexibility index (Phi) is 7.44. The van der Waals surface area contributed by atoms with Gasteiger partial charge in [-0.3, -0.25) is 9.10 Å². The maximum atomic E-state index is 14.5. The molecule has 0 bridgehead atoms. The van der Waals surface area contributed by atoms with Crippen LogP contribution in [0.3, 0.4) is 0 Å². The molecule has 0 fully saturated rings. The highest BCUT2D eigenvalue weighted by Gasteiger charge is 2.27. The van der Waals surface area contributed by atoms with Gasteiger partial charge in [-0.2, -0.15) is 0 Å². The number of halogens is 2. The van der Waals surface area contributed by atoms with E-state index in [0.29, 0.717) is 16.5 Å². The minimum absolute atomic E-state index is 0.00868. The summed E-state index contributed by atoms with van der Waals surface area (Å²) in [4.78, 5) is 17.3. The monoisotopic (exact) mass is 665 g/mol. The topological polar surface area (TPSA) is 140 Å². The van der Waals surface area contributed by atoms with Gasteiger partial charge in [0.15, 0.2) is 21.2 Å². The molecular formula is C32H25F2N3O7S2. The first-order valence-corrected chi connectivity index (χ1v) is 17.3. The molecule has 6 rings (SSSR count). The molecule has 0 spiro atoms. The maximum Gasteiger partial charge on any atom is 0.255 e. The van der Waals surface area contributed by atoms with Crippen LogP contribution in [0, 0.1) is 11.6 Å². The Hall–Kier alpha value is -5.08. The molecule has 1 N–H and O–H groups in total. The molecule has 2 aromatic heterocycles. The Balaban J connectivity index is 1.68. The number of nitrogens with one attached hydrogen (secondary N) is 1. The van der Waals surface area contributed by atoms with E-state index in [1.165, 1.54) is 80.8 Å². The summed E-state index contributed by atoms with van der Waals surface area (Å²) in [5.41, 5.74) is 1.43. The van der Waals surface area contributed by atoms with E-state index in [-0.39, 0.29) is 55.6 Å². The average Bonchev–Trinajstić information content (AvgIpc) is 3.61. The number of benzene rings is 4. The van der Waals surface area contributed by atoms with E-state index in [1.54, 1.807) is 6.07 Å². The van der Waals surface area contributed by atoms with E-state index < -0.39 is 37.4 Å². The molecule has 0 saturated heterocycles. The molecule has 10 nitrogen and oxygen atoms in total. The van der Waals surface area contributed by atoms with Crippen molar-refractivity contribution >= 4 is 53.5 Å². The number of para-hydroxylation sites is 1. The van der Waals surface area contributed by atoms with Gasteiger partial charge in [-0.1, -0.05) is 12.1 Å². The third kappa shape index (κ3) is 5.39. The Labute approximate surface area is 262 Å². The molecule has 0 saturated carbocycles. The fraction of sp³-hybridized carbons (Fsp3) is 0.125. The number of sulfone groups is 1. The summed E-state index contributed by atoms with van der Waals surface area (Å²) in [5.74, 6) is -1.72. The van der Waals surface area contributed by atoms with Crippen molar-refractivity contribution in [2.75, 3.05) is 30.9 Å². The van der Waals surface area contributed by atoms with Gasteiger partial charge in [0.05, 0.1) is 28.0 Å². The number of hydrogen-bond acceptors (Lipinski definition) is 8. The third-order valence-corrected chi connectivity index (χ3v) is 9.84. The minimum Gasteiger partial charge on any atom is -0.455 e. The van der Waals surface area contributed by atoms with Crippen LogP contribution in [0.5, 0.6) is 0 Å². The molecule has 0 atom stereocenters. The van der Waals surface area contributed by atoms with Gasteiger partial charge in [0.25, 0.3) is 5.91 Å². The van der Waals surface area contributed by atoms with E-state index >= 15 is 0 Å². The zero-order valence-corrected chi connectivity index (χ0v) is 26.4. The number of rotatable bonds is 7. The predicted octanol–water partition coefficient (Wildman–Crippen LogP) is 6.01. The molecule has 6 aromatic rings. The fourth-order valence-electron chi connectivity index (χ4n) is 5.18. The van der Waals surface area contributed by atoms with E-state index in [9.17, 15) is 30.4 Å². The van der Waals surface area contributed by atoms with Gasteiger partial charge in [-0.15, -0.1) is 0 Å². The number of amides is 1. The maximum absolute atomic E-state index is 14.5. The number of sulfonamides is 1. The van der Waals surface area contributed by atoms with Crippen molar-refractivity contribution in [2.45, 2.75) is 4.90 Å². The van der Waals surface area contributed by atoms with Crippen LogP contribution in [0.15, 0.2) is 86.5 Å². The van der Waals surface area contributed by atoms with Crippen LogP contribution >= 0.6 is 0 Å². The van der Waals surface area contributed by atoms with Gasteiger partial charge in [0, 0.05) is 42.9 Å². The molecule has 0 aliphatic carbocycles. The standard InChI is InChI=1S/C32H25F2N3O7S2/c1-35-31(38)28-21-15-20(24(37(2)46(4,41)42)16-26(21)43-30(28)17-8-11-19(33)12-9-17)18-10-13-27(45(3,39)40)22(14-18)32-36-29-23(34)6-5-7-25(29)44-32/h5-16H,1-4H3,(H,35,38). The first-order chi connectivity index (χ1) is 21.7. The van der Waals surface area contributed by atoms with Gasteiger partial charge < -0.3 is 14.2 Å². The zero-order valence-electron chi connectivity index (χ0n) is 24.8. The SMILES string of the molecule is CNC(=O)c1c(-c2ccc(F)cc2)oc2cc(N(C)S(C)(=O)=O)c(-c3ccc(S(C)(=O)=O)c(-c4nc5c(F)cccc5o4)c3)cc12. The van der Waals surface area contributed by atoms with E-state index in [4.69, 9.17) is 8.83 Å². The fourth-order valence-corrected chi connectivity index (χ4v) is 6.54. The predicted molar refractivity (Wildman–Crippen MR) is 170 cm³/mol. The molecule has 236 valence electrons. The summed E-state index contributed by atoms with van der Waals surface area (Å²) in [7, 11) is -4.94. The summed E-state index contributed by atoms with van der Waals surface area (Å²) in [6.45, 7) is 0. The number of carbonyl (C=O) groups is 1. The lowest BCUT2D eigenvalue weighted by Crippen LogP contribution is -2.25. The number of aromatic nitrogens is 1. The molecule has 46 heavy (non-hydrogen) atoms. The van der Waals surface area contributed by atoms with E-state index in [0.717, 1.165) is 16.8 Å². The van der Waals surface area contributed by atoms with E-state index in [1.807, 2.05) is 0 Å².